The number of hydrogen-bond acceptors (Lipinski definition) is 7. The number of halogens is 1. The fourth-order valence-corrected chi connectivity index (χ4v) is 2.87. The summed E-state index contributed by atoms with van der Waals surface area (Å²) in [6.45, 7) is 0.188. The number of furan rings is 1. The van der Waals surface area contributed by atoms with Gasteiger partial charge in [-0.3, -0.25) is 20.2 Å². The molecule has 0 fully saturated rings. The van der Waals surface area contributed by atoms with Gasteiger partial charge in [-0.25, -0.2) is 14.1 Å². The number of nitro groups is 1. The van der Waals surface area contributed by atoms with Crippen molar-refractivity contribution in [3.63, 3.8) is 0 Å². The van der Waals surface area contributed by atoms with Gasteiger partial charge in [0.1, 0.15) is 24.5 Å². The van der Waals surface area contributed by atoms with Crippen molar-refractivity contribution in [1.29, 1.82) is 0 Å². The fourth-order valence-electron chi connectivity index (χ4n) is 2.87. The lowest BCUT2D eigenvalue weighted by Crippen LogP contribution is -2.12. The van der Waals surface area contributed by atoms with Crippen LogP contribution in [0.25, 0.3) is 0 Å². The number of carbonyl (C=O) groups is 1. The van der Waals surface area contributed by atoms with Gasteiger partial charge in [0.25, 0.3) is 5.91 Å². The Bertz CT molecular complexity index is 1270. The van der Waals surface area contributed by atoms with E-state index in [1.54, 1.807) is 18.2 Å². The van der Waals surface area contributed by atoms with Crippen LogP contribution in [0.1, 0.15) is 21.9 Å². The number of carbonyl (C=O) groups excluding carboxylic acids is 1. The molecule has 0 saturated heterocycles. The molecule has 4 rings (SSSR count). The van der Waals surface area contributed by atoms with Crippen molar-refractivity contribution in [2.24, 2.45) is 0 Å². The Morgan fingerprint density at radius 1 is 1.19 bits per heavy atom. The molecule has 162 valence electrons. The number of nitro benzene ring substituents is 1. The standard InChI is InChI=1S/C21H16FN5O5/c22-15-5-3-4-14(10-15)11-26-13-23-21(25-26)24-20(28)19-9-8-16(32-19)12-31-18-7-2-1-6-17(18)27(29)30/h1-10,13H,11-12H2,(H,24,25,28). The van der Waals surface area contributed by atoms with Crippen LogP contribution < -0.4 is 10.1 Å². The molecule has 0 spiro atoms. The van der Waals surface area contributed by atoms with Crippen molar-refractivity contribution in [1.82, 2.24) is 14.8 Å². The lowest BCUT2D eigenvalue weighted by atomic mass is 10.2. The topological polar surface area (TPSA) is 125 Å². The van der Waals surface area contributed by atoms with Crippen molar-refractivity contribution in [2.75, 3.05) is 5.32 Å². The third-order valence-electron chi connectivity index (χ3n) is 4.31. The van der Waals surface area contributed by atoms with Crippen LogP contribution in [0.5, 0.6) is 5.75 Å². The molecule has 0 bridgehead atoms. The summed E-state index contributed by atoms with van der Waals surface area (Å²) in [5.41, 5.74) is 0.527. The molecule has 1 amide bonds. The lowest BCUT2D eigenvalue weighted by Gasteiger charge is -2.04. The van der Waals surface area contributed by atoms with E-state index in [9.17, 15) is 19.3 Å². The lowest BCUT2D eigenvalue weighted by molar-refractivity contribution is -0.386. The van der Waals surface area contributed by atoms with Crippen LogP contribution in [0.4, 0.5) is 16.0 Å². The Kier molecular flexibility index (Phi) is 5.88. The van der Waals surface area contributed by atoms with E-state index >= 15 is 0 Å². The molecule has 0 aliphatic rings. The summed E-state index contributed by atoms with van der Waals surface area (Å²) in [4.78, 5) is 26.9. The second-order valence-electron chi connectivity index (χ2n) is 6.63. The van der Waals surface area contributed by atoms with Gasteiger partial charge in [0.2, 0.25) is 5.95 Å². The maximum Gasteiger partial charge on any atom is 0.310 e. The smallest absolute Gasteiger partial charge is 0.310 e. The Balaban J connectivity index is 1.35. The van der Waals surface area contributed by atoms with Crippen molar-refractivity contribution >= 4 is 17.5 Å². The number of nitrogens with zero attached hydrogens (tertiary/aromatic N) is 4. The minimum absolute atomic E-state index is 0.00681. The number of nitrogens with one attached hydrogen (secondary N) is 1. The molecule has 0 atom stereocenters. The molecule has 2 aromatic heterocycles. The monoisotopic (exact) mass is 437 g/mol. The van der Waals surface area contributed by atoms with Gasteiger partial charge in [0.15, 0.2) is 11.5 Å². The summed E-state index contributed by atoms with van der Waals surface area (Å²) in [7, 11) is 0. The largest absolute Gasteiger partial charge is 0.479 e. The zero-order valence-electron chi connectivity index (χ0n) is 16.5. The van der Waals surface area contributed by atoms with E-state index in [1.165, 1.54) is 53.5 Å². The predicted octanol–water partition coefficient (Wildman–Crippen LogP) is 3.80. The third kappa shape index (κ3) is 4.95. The number of hydrogen-bond donors (Lipinski definition) is 1. The quantitative estimate of drug-likeness (QED) is 0.328. The van der Waals surface area contributed by atoms with Gasteiger partial charge in [-0.2, -0.15) is 0 Å². The van der Waals surface area contributed by atoms with Gasteiger partial charge < -0.3 is 9.15 Å². The maximum atomic E-state index is 13.3. The summed E-state index contributed by atoms with van der Waals surface area (Å²) in [6, 6.07) is 15.0. The van der Waals surface area contributed by atoms with E-state index in [1.807, 2.05) is 0 Å². The van der Waals surface area contributed by atoms with Gasteiger partial charge in [-0.15, -0.1) is 5.10 Å². The number of benzene rings is 2. The summed E-state index contributed by atoms with van der Waals surface area (Å²) in [5.74, 6) is -0.486. The van der Waals surface area contributed by atoms with Gasteiger partial charge in [0, 0.05) is 6.07 Å². The van der Waals surface area contributed by atoms with Crippen molar-refractivity contribution < 1.29 is 23.3 Å². The summed E-state index contributed by atoms with van der Waals surface area (Å²) < 4.78 is 25.6. The Hall–Kier alpha value is -4.54. The zero-order chi connectivity index (χ0) is 22.5. The van der Waals surface area contributed by atoms with Crippen LogP contribution in [-0.2, 0) is 13.2 Å². The second-order valence-corrected chi connectivity index (χ2v) is 6.63. The molecule has 1 N–H and O–H groups in total. The molecular weight excluding hydrogens is 421 g/mol. The number of rotatable bonds is 8. The highest BCUT2D eigenvalue weighted by Gasteiger charge is 2.17. The molecule has 0 unspecified atom stereocenters. The first-order valence-corrected chi connectivity index (χ1v) is 9.38. The van der Waals surface area contributed by atoms with E-state index in [-0.39, 0.29) is 42.1 Å². The van der Waals surface area contributed by atoms with Gasteiger partial charge in [-0.1, -0.05) is 24.3 Å². The van der Waals surface area contributed by atoms with E-state index in [0.717, 1.165) is 0 Å². The SMILES string of the molecule is O=C(Nc1ncn(Cc2cccc(F)c2)n1)c1ccc(COc2ccccc2[N+](=O)[O-])o1. The van der Waals surface area contributed by atoms with E-state index in [0.29, 0.717) is 11.3 Å². The van der Waals surface area contributed by atoms with Crippen molar-refractivity contribution in [2.45, 2.75) is 13.2 Å². The zero-order valence-corrected chi connectivity index (χ0v) is 16.5. The first kappa shape index (κ1) is 20.7. The summed E-state index contributed by atoms with van der Waals surface area (Å²) in [5, 5.41) is 17.7. The number of amides is 1. The highest BCUT2D eigenvalue weighted by molar-refractivity contribution is 6.01. The number of aromatic nitrogens is 3. The first-order chi connectivity index (χ1) is 15.5. The second kappa shape index (κ2) is 9.08. The van der Waals surface area contributed by atoms with Crippen molar-refractivity contribution in [3.05, 3.63) is 100 Å². The van der Waals surface area contributed by atoms with Gasteiger partial charge >= 0.3 is 5.69 Å². The van der Waals surface area contributed by atoms with Crippen LogP contribution in [-0.4, -0.2) is 25.6 Å². The minimum Gasteiger partial charge on any atom is -0.479 e. The average molecular weight is 437 g/mol. The molecular formula is C21H16FN5O5. The fraction of sp³-hybridized carbons (Fsp3) is 0.0952. The van der Waals surface area contributed by atoms with Gasteiger partial charge in [-0.05, 0) is 35.9 Å². The molecule has 0 saturated carbocycles. The predicted molar refractivity (Wildman–Crippen MR) is 110 cm³/mol. The van der Waals surface area contributed by atoms with Crippen molar-refractivity contribution in [3.8, 4) is 5.75 Å². The normalized spacial score (nSPS) is 10.7. The maximum absolute atomic E-state index is 13.3. The Labute approximate surface area is 180 Å². The molecule has 4 aromatic rings. The number of ether oxygens (including phenoxy) is 1. The molecule has 2 heterocycles. The first-order valence-electron chi connectivity index (χ1n) is 9.38. The average Bonchev–Trinajstić information content (AvgIpc) is 3.42. The van der Waals surface area contributed by atoms with Crippen LogP contribution in [0, 0.1) is 15.9 Å². The molecule has 2 aromatic carbocycles. The molecule has 0 aliphatic heterocycles. The summed E-state index contributed by atoms with van der Waals surface area (Å²) >= 11 is 0. The van der Waals surface area contributed by atoms with E-state index < -0.39 is 10.8 Å². The van der Waals surface area contributed by atoms with E-state index in [2.05, 4.69) is 15.4 Å². The van der Waals surface area contributed by atoms with Crippen LogP contribution in [0.2, 0.25) is 0 Å². The summed E-state index contributed by atoms with van der Waals surface area (Å²) in [6.07, 6.45) is 1.41. The van der Waals surface area contributed by atoms with Crippen LogP contribution >= 0.6 is 0 Å². The highest BCUT2D eigenvalue weighted by Crippen LogP contribution is 2.26. The number of para-hydroxylation sites is 2. The highest BCUT2D eigenvalue weighted by atomic mass is 19.1. The van der Waals surface area contributed by atoms with Crippen LogP contribution in [0.15, 0.2) is 71.4 Å². The molecule has 10 nitrogen and oxygen atoms in total. The van der Waals surface area contributed by atoms with Crippen LogP contribution in [0.3, 0.4) is 0 Å². The Morgan fingerprint density at radius 3 is 2.84 bits per heavy atom. The molecule has 0 aliphatic carbocycles. The third-order valence-corrected chi connectivity index (χ3v) is 4.31. The van der Waals surface area contributed by atoms with Gasteiger partial charge in [0.05, 0.1) is 11.5 Å². The minimum atomic E-state index is -0.578. The molecule has 0 radical (unpaired) electrons. The molecule has 32 heavy (non-hydrogen) atoms. The Morgan fingerprint density at radius 2 is 2.03 bits per heavy atom. The number of anilines is 1. The van der Waals surface area contributed by atoms with E-state index in [4.69, 9.17) is 9.15 Å². The molecule has 11 heteroatoms.